The van der Waals surface area contributed by atoms with Crippen LogP contribution >= 0.6 is 0 Å². The van der Waals surface area contributed by atoms with Crippen LogP contribution in [0.5, 0.6) is 0 Å². The summed E-state index contributed by atoms with van der Waals surface area (Å²) >= 11 is 0. The molecule has 2 heterocycles. The highest BCUT2D eigenvalue weighted by atomic mass is 32.2. The van der Waals surface area contributed by atoms with Gasteiger partial charge < -0.3 is 5.21 Å². The fourth-order valence-corrected chi connectivity index (χ4v) is 2.72. The normalized spacial score (nSPS) is 11.9. The van der Waals surface area contributed by atoms with Crippen LogP contribution in [-0.2, 0) is 22.9 Å². The van der Waals surface area contributed by atoms with Crippen molar-refractivity contribution in [2.24, 2.45) is 5.16 Å². The van der Waals surface area contributed by atoms with Crippen molar-refractivity contribution in [3.63, 3.8) is 0 Å². The highest BCUT2D eigenvalue weighted by molar-refractivity contribution is 7.90. The largest absolute Gasteiger partial charge is 0.411 e. The summed E-state index contributed by atoms with van der Waals surface area (Å²) in [6.07, 6.45) is 10.8. The van der Waals surface area contributed by atoms with Crippen LogP contribution in [0.1, 0.15) is 12.0 Å². The molecule has 0 radical (unpaired) electrons. The predicted octanol–water partition coefficient (Wildman–Crippen LogP) is 0.564. The first-order valence-corrected chi connectivity index (χ1v) is 8.74. The molecule has 0 saturated carbocycles. The monoisotopic (exact) mass is 321 g/mol. The number of pyridine rings is 2. The fourth-order valence-electron chi connectivity index (χ4n) is 2.06. The van der Waals surface area contributed by atoms with E-state index in [4.69, 9.17) is 5.21 Å². The van der Waals surface area contributed by atoms with Crippen molar-refractivity contribution in [2.75, 3.05) is 6.26 Å². The van der Waals surface area contributed by atoms with Gasteiger partial charge in [0, 0.05) is 30.0 Å². The molecule has 116 valence electrons. The third-order valence-corrected chi connectivity index (χ3v) is 4.31. The summed E-state index contributed by atoms with van der Waals surface area (Å²) < 4.78 is 26.9. The third kappa shape index (κ3) is 4.63. The van der Waals surface area contributed by atoms with Gasteiger partial charge in [0.05, 0.1) is 12.6 Å². The standard InChI is InChI=1S/C15H18N3O3S/c1-22(20,21)15-4-2-7-18(13-15)9-3-8-17-10-5-14(6-11-17)12-16-19/h2,4-7,10-13H,3,8-9H2,1H3/q+1/p+1. The Labute approximate surface area is 129 Å². The molecular weight excluding hydrogens is 302 g/mol. The van der Waals surface area contributed by atoms with Crippen molar-refractivity contribution in [3.05, 3.63) is 54.6 Å². The highest BCUT2D eigenvalue weighted by Gasteiger charge is 2.12. The van der Waals surface area contributed by atoms with Crippen LogP contribution in [0.2, 0.25) is 0 Å². The molecule has 0 aliphatic heterocycles. The fraction of sp³-hybridized carbons (Fsp3) is 0.267. The van der Waals surface area contributed by atoms with Crippen LogP contribution in [0.3, 0.4) is 0 Å². The number of hydrogen-bond donors (Lipinski definition) is 1. The molecule has 2 aromatic rings. The van der Waals surface area contributed by atoms with E-state index in [0.29, 0.717) is 4.90 Å². The van der Waals surface area contributed by atoms with Crippen molar-refractivity contribution in [2.45, 2.75) is 24.4 Å². The van der Waals surface area contributed by atoms with E-state index in [-0.39, 0.29) is 0 Å². The molecule has 0 fully saturated rings. The summed E-state index contributed by atoms with van der Waals surface area (Å²) in [6.45, 7) is 1.54. The number of aryl methyl sites for hydroxylation is 2. The first kappa shape index (κ1) is 16.1. The van der Waals surface area contributed by atoms with Gasteiger partial charge in [-0.25, -0.2) is 17.6 Å². The van der Waals surface area contributed by atoms with Crippen LogP contribution in [0.25, 0.3) is 0 Å². The Morgan fingerprint density at radius 3 is 2.45 bits per heavy atom. The minimum absolute atomic E-state index is 0.329. The summed E-state index contributed by atoms with van der Waals surface area (Å²) in [6, 6.07) is 7.06. The maximum absolute atomic E-state index is 11.5. The van der Waals surface area contributed by atoms with Gasteiger partial charge in [0.1, 0.15) is 4.90 Å². The average molecular weight is 321 g/mol. The molecule has 0 unspecified atom stereocenters. The van der Waals surface area contributed by atoms with Gasteiger partial charge in [0.15, 0.2) is 47.7 Å². The van der Waals surface area contributed by atoms with E-state index in [1.54, 1.807) is 18.3 Å². The molecule has 2 aromatic heterocycles. The number of nitrogens with zero attached hydrogens (tertiary/aromatic N) is 3. The number of oxime groups is 1. The zero-order chi connectivity index (χ0) is 16.0. The smallest absolute Gasteiger partial charge is 0.187 e. The minimum Gasteiger partial charge on any atom is -0.411 e. The second kappa shape index (κ2) is 7.13. The summed E-state index contributed by atoms with van der Waals surface area (Å²) in [4.78, 5) is 0.329. The van der Waals surface area contributed by atoms with Gasteiger partial charge >= 0.3 is 0 Å². The van der Waals surface area contributed by atoms with Crippen molar-refractivity contribution in [1.29, 1.82) is 0 Å². The predicted molar refractivity (Wildman–Crippen MR) is 80.4 cm³/mol. The Balaban J connectivity index is 1.93. The Morgan fingerprint density at radius 2 is 1.82 bits per heavy atom. The Morgan fingerprint density at radius 1 is 1.14 bits per heavy atom. The molecule has 6 nitrogen and oxygen atoms in total. The van der Waals surface area contributed by atoms with E-state index in [0.717, 1.165) is 25.1 Å². The second-order valence-corrected chi connectivity index (χ2v) is 7.03. The van der Waals surface area contributed by atoms with Crippen molar-refractivity contribution in [1.82, 2.24) is 0 Å². The molecule has 0 spiro atoms. The van der Waals surface area contributed by atoms with Gasteiger partial charge in [-0.1, -0.05) is 5.16 Å². The maximum atomic E-state index is 11.5. The van der Waals surface area contributed by atoms with Crippen LogP contribution in [-0.4, -0.2) is 26.1 Å². The van der Waals surface area contributed by atoms with E-state index in [2.05, 4.69) is 5.16 Å². The van der Waals surface area contributed by atoms with E-state index in [1.165, 1.54) is 12.5 Å². The first-order valence-electron chi connectivity index (χ1n) is 6.85. The summed E-state index contributed by atoms with van der Waals surface area (Å²) in [5, 5.41) is 11.4. The Bertz CT molecular complexity index is 756. The van der Waals surface area contributed by atoms with Gasteiger partial charge in [0.2, 0.25) is 0 Å². The van der Waals surface area contributed by atoms with E-state index < -0.39 is 9.84 Å². The average Bonchev–Trinajstić information content (AvgIpc) is 2.49. The lowest BCUT2D eigenvalue weighted by molar-refractivity contribution is -0.727. The Hall–Kier alpha value is -2.28. The lowest BCUT2D eigenvalue weighted by Gasteiger charge is -1.99. The molecule has 0 amide bonds. The van der Waals surface area contributed by atoms with Crippen LogP contribution in [0.4, 0.5) is 0 Å². The number of sulfone groups is 1. The molecular formula is C15H19N3O3S+2. The maximum Gasteiger partial charge on any atom is 0.187 e. The lowest BCUT2D eigenvalue weighted by atomic mass is 10.3. The first-order chi connectivity index (χ1) is 10.5. The summed E-state index contributed by atoms with van der Waals surface area (Å²) in [5.74, 6) is 0. The third-order valence-electron chi connectivity index (χ3n) is 3.22. The van der Waals surface area contributed by atoms with Crippen LogP contribution < -0.4 is 9.13 Å². The van der Waals surface area contributed by atoms with Crippen LogP contribution in [0.15, 0.2) is 59.1 Å². The van der Waals surface area contributed by atoms with E-state index >= 15 is 0 Å². The quantitative estimate of drug-likeness (QED) is 0.366. The topological polar surface area (TPSA) is 74.5 Å². The Kier molecular flexibility index (Phi) is 5.21. The molecule has 1 N–H and O–H groups in total. The molecule has 0 saturated heterocycles. The second-order valence-electron chi connectivity index (χ2n) is 5.02. The van der Waals surface area contributed by atoms with Crippen molar-refractivity contribution < 1.29 is 22.8 Å². The van der Waals surface area contributed by atoms with Crippen LogP contribution in [0, 0.1) is 0 Å². The van der Waals surface area contributed by atoms with Gasteiger partial charge in [-0.3, -0.25) is 0 Å². The van der Waals surface area contributed by atoms with Gasteiger partial charge in [-0.15, -0.1) is 0 Å². The van der Waals surface area contributed by atoms with Gasteiger partial charge in [-0.2, -0.15) is 0 Å². The van der Waals surface area contributed by atoms with E-state index in [1.807, 2.05) is 39.9 Å². The van der Waals surface area contributed by atoms with Gasteiger partial charge in [-0.05, 0) is 6.07 Å². The molecule has 2 rings (SSSR count). The van der Waals surface area contributed by atoms with Crippen molar-refractivity contribution in [3.8, 4) is 0 Å². The van der Waals surface area contributed by atoms with Crippen molar-refractivity contribution >= 4 is 16.1 Å². The molecule has 0 aliphatic carbocycles. The molecule has 0 bridgehead atoms. The summed E-state index contributed by atoms with van der Waals surface area (Å²) in [5.41, 5.74) is 0.828. The van der Waals surface area contributed by atoms with E-state index in [9.17, 15) is 8.42 Å². The SMILES string of the molecule is CS(=O)(=O)c1ccc[n+](CCC[n+]2ccc(C=NO)cc2)c1. The highest BCUT2D eigenvalue weighted by Crippen LogP contribution is 2.03. The van der Waals surface area contributed by atoms with Gasteiger partial charge in [0.25, 0.3) is 0 Å². The molecule has 7 heteroatoms. The molecule has 0 atom stereocenters. The zero-order valence-corrected chi connectivity index (χ0v) is 13.1. The molecule has 0 aromatic carbocycles. The molecule has 0 aliphatic rings. The number of aromatic nitrogens is 2. The lowest BCUT2D eigenvalue weighted by Crippen LogP contribution is -2.38. The summed E-state index contributed by atoms with van der Waals surface area (Å²) in [7, 11) is -3.17. The molecule has 22 heavy (non-hydrogen) atoms. The number of rotatable bonds is 6. The zero-order valence-electron chi connectivity index (χ0n) is 12.3. The minimum atomic E-state index is -3.17. The number of hydrogen-bond acceptors (Lipinski definition) is 4.